The van der Waals surface area contributed by atoms with Gasteiger partial charge >= 0.3 is 6.18 Å². The SMILES string of the molecule is CCn1c2ccccc2c2cc(NC(=O)C3CCCN3C=CC(=O)C(F)(F)F)ccc21. The number of aromatic nitrogens is 1. The Kier molecular flexibility index (Phi) is 5.47. The molecule has 162 valence electrons. The number of benzene rings is 2. The van der Waals surface area contributed by atoms with E-state index in [4.69, 9.17) is 0 Å². The topological polar surface area (TPSA) is 54.3 Å². The first kappa shape index (κ1) is 21.0. The number of carbonyl (C=O) groups excluding carboxylic acids is 2. The number of hydrogen-bond donors (Lipinski definition) is 1. The molecule has 1 unspecified atom stereocenters. The highest BCUT2D eigenvalue weighted by atomic mass is 19.4. The van der Waals surface area contributed by atoms with Crippen LogP contribution in [0.5, 0.6) is 0 Å². The molecule has 1 aliphatic rings. The molecule has 0 bridgehead atoms. The number of likely N-dealkylation sites (tertiary alicyclic amines) is 1. The van der Waals surface area contributed by atoms with Gasteiger partial charge in [-0.15, -0.1) is 0 Å². The van der Waals surface area contributed by atoms with Gasteiger partial charge in [-0.3, -0.25) is 9.59 Å². The molecular weight excluding hydrogens is 407 g/mol. The summed E-state index contributed by atoms with van der Waals surface area (Å²) in [6.45, 7) is 3.31. The molecule has 1 aromatic heterocycles. The number of para-hydroxylation sites is 1. The van der Waals surface area contributed by atoms with E-state index in [0.717, 1.165) is 34.6 Å². The van der Waals surface area contributed by atoms with Gasteiger partial charge in [0.2, 0.25) is 5.91 Å². The van der Waals surface area contributed by atoms with Crippen LogP contribution in [0.2, 0.25) is 0 Å². The molecular formula is C23H22F3N3O2. The lowest BCUT2D eigenvalue weighted by Crippen LogP contribution is -2.36. The van der Waals surface area contributed by atoms with Crippen LogP contribution >= 0.6 is 0 Å². The summed E-state index contributed by atoms with van der Waals surface area (Å²) >= 11 is 0. The number of fused-ring (bicyclic) bond motifs is 3. The number of aryl methyl sites for hydroxylation is 1. The molecule has 0 saturated carbocycles. The number of allylic oxidation sites excluding steroid dienone is 1. The van der Waals surface area contributed by atoms with Gasteiger partial charge in [-0.2, -0.15) is 13.2 Å². The predicted molar refractivity (Wildman–Crippen MR) is 114 cm³/mol. The fourth-order valence-corrected chi connectivity index (χ4v) is 4.20. The minimum Gasteiger partial charge on any atom is -0.365 e. The van der Waals surface area contributed by atoms with E-state index in [1.165, 1.54) is 4.90 Å². The van der Waals surface area contributed by atoms with Crippen LogP contribution in [0.3, 0.4) is 0 Å². The van der Waals surface area contributed by atoms with Gasteiger partial charge in [-0.05, 0) is 44.0 Å². The highest BCUT2D eigenvalue weighted by Gasteiger charge is 2.37. The molecule has 1 fully saturated rings. The van der Waals surface area contributed by atoms with E-state index in [2.05, 4.69) is 22.9 Å². The molecule has 0 spiro atoms. The van der Waals surface area contributed by atoms with Crippen LogP contribution in [0.4, 0.5) is 18.9 Å². The van der Waals surface area contributed by atoms with E-state index >= 15 is 0 Å². The van der Waals surface area contributed by atoms with E-state index in [-0.39, 0.29) is 5.91 Å². The molecule has 2 heterocycles. The number of nitrogens with one attached hydrogen (secondary N) is 1. The van der Waals surface area contributed by atoms with Crippen molar-refractivity contribution in [1.82, 2.24) is 9.47 Å². The zero-order valence-electron chi connectivity index (χ0n) is 16.9. The Balaban J connectivity index is 1.56. The van der Waals surface area contributed by atoms with E-state index < -0.39 is 18.0 Å². The van der Waals surface area contributed by atoms with Crippen LogP contribution in [-0.4, -0.2) is 39.9 Å². The number of ketones is 1. The second-order valence-electron chi connectivity index (χ2n) is 7.56. The number of hydrogen-bond acceptors (Lipinski definition) is 3. The number of amides is 1. The van der Waals surface area contributed by atoms with Crippen molar-refractivity contribution in [3.05, 3.63) is 54.7 Å². The van der Waals surface area contributed by atoms with Crippen molar-refractivity contribution in [2.75, 3.05) is 11.9 Å². The maximum absolute atomic E-state index is 12.8. The largest absolute Gasteiger partial charge is 0.454 e. The Morgan fingerprint density at radius 1 is 1.13 bits per heavy atom. The van der Waals surface area contributed by atoms with Crippen molar-refractivity contribution in [3.8, 4) is 0 Å². The first-order chi connectivity index (χ1) is 14.8. The molecule has 5 nitrogen and oxygen atoms in total. The first-order valence-corrected chi connectivity index (χ1v) is 10.2. The quantitative estimate of drug-likeness (QED) is 0.590. The lowest BCUT2D eigenvalue weighted by molar-refractivity contribution is -0.165. The fraction of sp³-hybridized carbons (Fsp3) is 0.304. The zero-order chi connectivity index (χ0) is 22.2. The van der Waals surface area contributed by atoms with E-state index in [1.54, 1.807) is 0 Å². The van der Waals surface area contributed by atoms with Crippen molar-refractivity contribution in [3.63, 3.8) is 0 Å². The molecule has 3 aromatic rings. The van der Waals surface area contributed by atoms with Gasteiger partial charge in [0.25, 0.3) is 5.78 Å². The van der Waals surface area contributed by atoms with Crippen molar-refractivity contribution in [1.29, 1.82) is 0 Å². The maximum Gasteiger partial charge on any atom is 0.454 e. The van der Waals surface area contributed by atoms with Crippen LogP contribution < -0.4 is 5.32 Å². The van der Waals surface area contributed by atoms with Crippen molar-refractivity contribution in [2.45, 2.75) is 38.5 Å². The highest BCUT2D eigenvalue weighted by Crippen LogP contribution is 2.31. The minimum absolute atomic E-state index is 0.305. The lowest BCUT2D eigenvalue weighted by atomic mass is 10.1. The molecule has 4 rings (SSSR count). The maximum atomic E-state index is 12.8. The third kappa shape index (κ3) is 4.02. The molecule has 1 atom stereocenters. The number of alkyl halides is 3. The van der Waals surface area contributed by atoms with Crippen LogP contribution in [0.1, 0.15) is 19.8 Å². The molecule has 8 heteroatoms. The number of rotatable bonds is 5. The summed E-state index contributed by atoms with van der Waals surface area (Å²) in [6, 6.07) is 13.1. The summed E-state index contributed by atoms with van der Waals surface area (Å²) in [5.41, 5.74) is 2.81. The summed E-state index contributed by atoms with van der Waals surface area (Å²) in [4.78, 5) is 25.4. The van der Waals surface area contributed by atoms with Gasteiger partial charge in [0.15, 0.2) is 0 Å². The number of carbonyl (C=O) groups is 2. The molecule has 1 aliphatic heterocycles. The number of nitrogens with zero attached hydrogens (tertiary/aromatic N) is 2. The summed E-state index contributed by atoms with van der Waals surface area (Å²) in [6.07, 6.45) is -2.19. The minimum atomic E-state index is -4.92. The molecule has 0 radical (unpaired) electrons. The fourth-order valence-electron chi connectivity index (χ4n) is 4.20. The summed E-state index contributed by atoms with van der Waals surface area (Å²) in [7, 11) is 0. The molecule has 1 amide bonds. The van der Waals surface area contributed by atoms with Crippen molar-refractivity contribution < 1.29 is 22.8 Å². The Hall–Kier alpha value is -3.29. The Bertz CT molecular complexity index is 1180. The molecule has 1 saturated heterocycles. The lowest BCUT2D eigenvalue weighted by Gasteiger charge is -2.22. The summed E-state index contributed by atoms with van der Waals surface area (Å²) < 4.78 is 39.5. The summed E-state index contributed by atoms with van der Waals surface area (Å²) in [5, 5.41) is 5.00. The van der Waals surface area contributed by atoms with Gasteiger partial charge in [0.1, 0.15) is 6.04 Å². The summed E-state index contributed by atoms with van der Waals surface area (Å²) in [5.74, 6) is -2.24. The third-order valence-corrected chi connectivity index (χ3v) is 5.65. The first-order valence-electron chi connectivity index (χ1n) is 10.2. The van der Waals surface area contributed by atoms with Crippen molar-refractivity contribution >= 4 is 39.2 Å². The molecule has 31 heavy (non-hydrogen) atoms. The van der Waals surface area contributed by atoms with Gasteiger partial charge < -0.3 is 14.8 Å². The Morgan fingerprint density at radius 2 is 1.87 bits per heavy atom. The van der Waals surface area contributed by atoms with Crippen LogP contribution in [0, 0.1) is 0 Å². The molecule has 2 aromatic carbocycles. The third-order valence-electron chi connectivity index (χ3n) is 5.65. The van der Waals surface area contributed by atoms with Gasteiger partial charge in [0.05, 0.1) is 0 Å². The standard InChI is InChI=1S/C23H22F3N3O2/c1-2-29-18-7-4-3-6-16(18)17-14-15(9-10-19(17)29)27-22(31)20-8-5-12-28(20)13-11-21(30)23(24,25)26/h3-4,6-7,9-11,13-14,20H,2,5,8,12H2,1H3,(H,27,31). The smallest absolute Gasteiger partial charge is 0.365 e. The second kappa shape index (κ2) is 8.09. The van der Waals surface area contributed by atoms with Gasteiger partial charge in [-0.25, -0.2) is 0 Å². The van der Waals surface area contributed by atoms with Gasteiger partial charge in [-0.1, -0.05) is 18.2 Å². The van der Waals surface area contributed by atoms with E-state index in [0.29, 0.717) is 31.1 Å². The van der Waals surface area contributed by atoms with E-state index in [1.807, 2.05) is 36.4 Å². The highest BCUT2D eigenvalue weighted by molar-refractivity contribution is 6.10. The average Bonchev–Trinajstić information content (AvgIpc) is 3.33. The Morgan fingerprint density at radius 3 is 2.61 bits per heavy atom. The average molecular weight is 429 g/mol. The Labute approximate surface area is 177 Å². The van der Waals surface area contributed by atoms with Crippen LogP contribution in [-0.2, 0) is 16.1 Å². The molecule has 1 N–H and O–H groups in total. The number of anilines is 1. The zero-order valence-corrected chi connectivity index (χ0v) is 16.9. The second-order valence-corrected chi connectivity index (χ2v) is 7.56. The molecule has 0 aliphatic carbocycles. The number of halogens is 3. The van der Waals surface area contributed by atoms with E-state index in [9.17, 15) is 22.8 Å². The predicted octanol–water partition coefficient (Wildman–Crippen LogP) is 4.86. The van der Waals surface area contributed by atoms with Crippen LogP contribution in [0.25, 0.3) is 21.8 Å². The van der Waals surface area contributed by atoms with Crippen molar-refractivity contribution in [2.24, 2.45) is 0 Å². The normalized spacial score (nSPS) is 17.2. The monoisotopic (exact) mass is 429 g/mol. The van der Waals surface area contributed by atoms with Crippen LogP contribution in [0.15, 0.2) is 54.7 Å². The van der Waals surface area contributed by atoms with Gasteiger partial charge in [0, 0.05) is 52.9 Å².